The van der Waals surface area contributed by atoms with E-state index in [4.69, 9.17) is 4.74 Å². The molecule has 2 amide bonds. The highest BCUT2D eigenvalue weighted by atomic mass is 32.2. The summed E-state index contributed by atoms with van der Waals surface area (Å²) in [4.78, 5) is 28.5. The van der Waals surface area contributed by atoms with Crippen molar-refractivity contribution in [1.29, 1.82) is 0 Å². The molecule has 0 bridgehead atoms. The van der Waals surface area contributed by atoms with Gasteiger partial charge in [0.15, 0.2) is 0 Å². The standard InChI is InChI=1S/C32H38FN3O5S/c1-3-41-29-17-15-28(16-18-29)36(42(39,40)30-19-13-26(33)14-20-30)23-31(37)35(22-21-25-9-5-4-6-10-25)24(2)32(38)34-27-11-7-8-12-27/h4-6,9-10,13-20,24,27H,3,7-8,11-12,21-23H2,1-2H3,(H,34,38). The van der Waals surface area contributed by atoms with Crippen molar-refractivity contribution in [1.82, 2.24) is 10.2 Å². The van der Waals surface area contributed by atoms with Crippen LogP contribution in [0.4, 0.5) is 10.1 Å². The monoisotopic (exact) mass is 595 g/mol. The topological polar surface area (TPSA) is 96.0 Å². The molecule has 0 spiro atoms. The van der Waals surface area contributed by atoms with Gasteiger partial charge in [0.25, 0.3) is 10.0 Å². The van der Waals surface area contributed by atoms with E-state index in [1.165, 1.54) is 17.0 Å². The molecule has 224 valence electrons. The van der Waals surface area contributed by atoms with Crippen LogP contribution in [0.2, 0.25) is 0 Å². The summed E-state index contributed by atoms with van der Waals surface area (Å²) in [5.74, 6) is -0.822. The van der Waals surface area contributed by atoms with Crippen molar-refractivity contribution in [2.75, 3.05) is 24.0 Å². The highest BCUT2D eigenvalue weighted by Gasteiger charge is 2.33. The van der Waals surface area contributed by atoms with Gasteiger partial charge in [-0.2, -0.15) is 0 Å². The Hall–Kier alpha value is -3.92. The van der Waals surface area contributed by atoms with Crippen LogP contribution < -0.4 is 14.4 Å². The third kappa shape index (κ3) is 7.88. The number of anilines is 1. The van der Waals surface area contributed by atoms with Gasteiger partial charge in [0.2, 0.25) is 11.8 Å². The van der Waals surface area contributed by atoms with E-state index in [-0.39, 0.29) is 29.1 Å². The predicted molar refractivity (Wildman–Crippen MR) is 160 cm³/mol. The van der Waals surface area contributed by atoms with Crippen LogP contribution in [0.5, 0.6) is 5.75 Å². The van der Waals surface area contributed by atoms with Gasteiger partial charge in [0.1, 0.15) is 24.2 Å². The largest absolute Gasteiger partial charge is 0.494 e. The molecule has 3 aromatic rings. The Morgan fingerprint density at radius 1 is 0.976 bits per heavy atom. The summed E-state index contributed by atoms with van der Waals surface area (Å²) < 4.78 is 47.8. The number of nitrogens with zero attached hydrogens (tertiary/aromatic N) is 2. The second-order valence-electron chi connectivity index (χ2n) is 10.4. The van der Waals surface area contributed by atoms with Gasteiger partial charge in [-0.15, -0.1) is 0 Å². The van der Waals surface area contributed by atoms with Crippen LogP contribution in [-0.2, 0) is 26.0 Å². The van der Waals surface area contributed by atoms with E-state index in [1.54, 1.807) is 31.2 Å². The molecule has 4 rings (SSSR count). The molecule has 1 unspecified atom stereocenters. The molecule has 3 aromatic carbocycles. The fourth-order valence-corrected chi connectivity index (χ4v) is 6.51. The summed E-state index contributed by atoms with van der Waals surface area (Å²) in [5, 5.41) is 3.06. The van der Waals surface area contributed by atoms with E-state index in [0.29, 0.717) is 18.8 Å². The molecule has 1 atom stereocenters. The number of rotatable bonds is 13. The minimum absolute atomic E-state index is 0.0743. The number of halogens is 1. The van der Waals surface area contributed by atoms with Crippen molar-refractivity contribution in [2.45, 2.75) is 62.9 Å². The lowest BCUT2D eigenvalue weighted by atomic mass is 10.1. The summed E-state index contributed by atoms with van der Waals surface area (Å²) in [6, 6.07) is 19.7. The summed E-state index contributed by atoms with van der Waals surface area (Å²) in [7, 11) is -4.28. The van der Waals surface area contributed by atoms with Crippen LogP contribution in [0.15, 0.2) is 83.8 Å². The number of hydrogen-bond donors (Lipinski definition) is 1. The molecular weight excluding hydrogens is 557 g/mol. The lowest BCUT2D eigenvalue weighted by Gasteiger charge is -2.32. The van der Waals surface area contributed by atoms with Crippen molar-refractivity contribution in [3.63, 3.8) is 0 Å². The summed E-state index contributed by atoms with van der Waals surface area (Å²) in [6.07, 6.45) is 4.39. The molecule has 1 aliphatic carbocycles. The molecule has 0 aliphatic heterocycles. The molecule has 42 heavy (non-hydrogen) atoms. The SMILES string of the molecule is CCOc1ccc(N(CC(=O)N(CCc2ccccc2)C(C)C(=O)NC2CCCC2)S(=O)(=O)c2ccc(F)cc2)cc1. The number of carbonyl (C=O) groups excluding carboxylic acids is 2. The Morgan fingerprint density at radius 2 is 1.62 bits per heavy atom. The molecule has 10 heteroatoms. The Bertz CT molecular complexity index is 1430. The maximum atomic E-state index is 14.0. The van der Waals surface area contributed by atoms with E-state index in [1.807, 2.05) is 37.3 Å². The second-order valence-corrected chi connectivity index (χ2v) is 12.2. The van der Waals surface area contributed by atoms with Crippen molar-refractivity contribution in [3.8, 4) is 5.75 Å². The van der Waals surface area contributed by atoms with Crippen molar-refractivity contribution in [3.05, 3.63) is 90.2 Å². The average Bonchev–Trinajstić information content (AvgIpc) is 3.50. The summed E-state index contributed by atoms with van der Waals surface area (Å²) >= 11 is 0. The second kappa shape index (κ2) is 14.3. The van der Waals surface area contributed by atoms with E-state index < -0.39 is 34.3 Å². The number of benzene rings is 3. The Labute approximate surface area is 247 Å². The number of nitrogens with one attached hydrogen (secondary N) is 1. The molecule has 1 saturated carbocycles. The summed E-state index contributed by atoms with van der Waals surface area (Å²) in [5.41, 5.74) is 1.23. The van der Waals surface area contributed by atoms with Gasteiger partial charge in [-0.1, -0.05) is 43.2 Å². The molecule has 0 radical (unpaired) electrons. The van der Waals surface area contributed by atoms with Gasteiger partial charge in [-0.25, -0.2) is 12.8 Å². The molecule has 0 heterocycles. The van der Waals surface area contributed by atoms with Crippen molar-refractivity contribution < 1.29 is 27.1 Å². The first-order chi connectivity index (χ1) is 20.2. The smallest absolute Gasteiger partial charge is 0.264 e. The average molecular weight is 596 g/mol. The van der Waals surface area contributed by atoms with Gasteiger partial charge in [-0.05, 0) is 87.2 Å². The maximum Gasteiger partial charge on any atom is 0.264 e. The zero-order chi connectivity index (χ0) is 30.1. The Morgan fingerprint density at radius 3 is 2.24 bits per heavy atom. The normalized spacial score (nSPS) is 14.3. The maximum absolute atomic E-state index is 14.0. The first-order valence-electron chi connectivity index (χ1n) is 14.3. The van der Waals surface area contributed by atoms with Gasteiger partial charge >= 0.3 is 0 Å². The van der Waals surface area contributed by atoms with Gasteiger partial charge in [0, 0.05) is 12.6 Å². The van der Waals surface area contributed by atoms with Gasteiger partial charge < -0.3 is 15.0 Å². The third-order valence-electron chi connectivity index (χ3n) is 7.47. The fraction of sp³-hybridized carbons (Fsp3) is 0.375. The van der Waals surface area contributed by atoms with Gasteiger partial charge in [0.05, 0.1) is 17.2 Å². The number of ether oxygens (including phenoxy) is 1. The predicted octanol–water partition coefficient (Wildman–Crippen LogP) is 4.94. The highest BCUT2D eigenvalue weighted by molar-refractivity contribution is 7.92. The first-order valence-corrected chi connectivity index (χ1v) is 15.8. The molecular formula is C32H38FN3O5S. The van der Waals surface area contributed by atoms with Crippen molar-refractivity contribution >= 4 is 27.5 Å². The van der Waals surface area contributed by atoms with Crippen LogP contribution in [0.3, 0.4) is 0 Å². The first kappa shape index (κ1) is 31.0. The fourth-order valence-electron chi connectivity index (χ4n) is 5.10. The van der Waals surface area contributed by atoms with Gasteiger partial charge in [-0.3, -0.25) is 13.9 Å². The zero-order valence-electron chi connectivity index (χ0n) is 24.0. The third-order valence-corrected chi connectivity index (χ3v) is 9.26. The molecule has 0 saturated heterocycles. The lowest BCUT2D eigenvalue weighted by Crippen LogP contribution is -2.53. The number of sulfonamides is 1. The number of amides is 2. The molecule has 0 aromatic heterocycles. The van der Waals surface area contributed by atoms with E-state index in [0.717, 1.165) is 47.7 Å². The Balaban J connectivity index is 1.64. The Kier molecular flexibility index (Phi) is 10.6. The summed E-state index contributed by atoms with van der Waals surface area (Å²) in [6.45, 7) is 3.61. The lowest BCUT2D eigenvalue weighted by molar-refractivity contribution is -0.139. The minimum atomic E-state index is -4.28. The molecule has 8 nitrogen and oxygen atoms in total. The molecule has 1 N–H and O–H groups in total. The van der Waals surface area contributed by atoms with Crippen LogP contribution in [0, 0.1) is 5.82 Å². The van der Waals surface area contributed by atoms with Crippen molar-refractivity contribution in [2.24, 2.45) is 0 Å². The van der Waals surface area contributed by atoms with E-state index in [9.17, 15) is 22.4 Å². The van der Waals surface area contributed by atoms with Crippen LogP contribution in [-0.4, -0.2) is 56.9 Å². The minimum Gasteiger partial charge on any atom is -0.494 e. The number of carbonyl (C=O) groups is 2. The zero-order valence-corrected chi connectivity index (χ0v) is 24.9. The van der Waals surface area contributed by atoms with E-state index >= 15 is 0 Å². The number of hydrogen-bond acceptors (Lipinski definition) is 5. The highest BCUT2D eigenvalue weighted by Crippen LogP contribution is 2.27. The quantitative estimate of drug-likeness (QED) is 0.302. The molecule has 1 fully saturated rings. The molecule has 1 aliphatic rings. The van der Waals surface area contributed by atoms with Crippen LogP contribution >= 0.6 is 0 Å². The van der Waals surface area contributed by atoms with E-state index in [2.05, 4.69) is 5.32 Å². The van der Waals surface area contributed by atoms with Crippen LogP contribution in [0.1, 0.15) is 45.1 Å². The van der Waals surface area contributed by atoms with Crippen LogP contribution in [0.25, 0.3) is 0 Å².